The molecule has 2 heterocycles. The standard InChI is InChI=1S/C12H20N4O/c1-9-11(17-2)12(16-8-15-9)14-7-10-4-3-5-13-6-10/h8,10,13H,3-7H2,1-2H3,(H,14,15,16). The second-order valence-corrected chi connectivity index (χ2v) is 4.43. The molecule has 2 N–H and O–H groups in total. The third kappa shape index (κ3) is 3.06. The van der Waals surface area contributed by atoms with E-state index in [2.05, 4.69) is 20.6 Å². The number of piperidine rings is 1. The number of aromatic nitrogens is 2. The van der Waals surface area contributed by atoms with Crippen LogP contribution in [0.5, 0.6) is 5.75 Å². The Bertz CT molecular complexity index is 364. The number of rotatable bonds is 4. The topological polar surface area (TPSA) is 59.1 Å². The molecule has 5 nitrogen and oxygen atoms in total. The number of hydrogen-bond donors (Lipinski definition) is 2. The van der Waals surface area contributed by atoms with Crippen LogP contribution in [0.3, 0.4) is 0 Å². The Morgan fingerprint density at radius 1 is 1.53 bits per heavy atom. The van der Waals surface area contributed by atoms with E-state index in [1.54, 1.807) is 13.4 Å². The van der Waals surface area contributed by atoms with Gasteiger partial charge >= 0.3 is 0 Å². The van der Waals surface area contributed by atoms with Crippen molar-refractivity contribution in [2.75, 3.05) is 32.1 Å². The minimum absolute atomic E-state index is 0.670. The molecule has 0 spiro atoms. The fourth-order valence-electron chi connectivity index (χ4n) is 2.17. The second-order valence-electron chi connectivity index (χ2n) is 4.43. The molecule has 0 amide bonds. The van der Waals surface area contributed by atoms with Gasteiger partial charge in [-0.05, 0) is 38.8 Å². The van der Waals surface area contributed by atoms with Gasteiger partial charge in [0.1, 0.15) is 6.33 Å². The van der Waals surface area contributed by atoms with E-state index < -0.39 is 0 Å². The zero-order valence-electron chi connectivity index (χ0n) is 10.5. The average molecular weight is 236 g/mol. The molecule has 0 saturated carbocycles. The van der Waals surface area contributed by atoms with Gasteiger partial charge in [0.05, 0.1) is 12.8 Å². The highest BCUT2D eigenvalue weighted by Crippen LogP contribution is 2.24. The molecule has 1 aromatic rings. The molecule has 0 radical (unpaired) electrons. The van der Waals surface area contributed by atoms with Crippen LogP contribution in [0.15, 0.2) is 6.33 Å². The Morgan fingerprint density at radius 3 is 3.12 bits per heavy atom. The molecule has 5 heteroatoms. The van der Waals surface area contributed by atoms with Gasteiger partial charge < -0.3 is 15.4 Å². The molecular formula is C12H20N4O. The van der Waals surface area contributed by atoms with Gasteiger partial charge in [-0.2, -0.15) is 0 Å². The molecule has 17 heavy (non-hydrogen) atoms. The van der Waals surface area contributed by atoms with Crippen molar-refractivity contribution >= 4 is 5.82 Å². The summed E-state index contributed by atoms with van der Waals surface area (Å²) < 4.78 is 5.31. The molecule has 1 atom stereocenters. The summed E-state index contributed by atoms with van der Waals surface area (Å²) in [6, 6.07) is 0. The number of methoxy groups -OCH3 is 1. The van der Waals surface area contributed by atoms with Crippen LogP contribution < -0.4 is 15.4 Å². The highest BCUT2D eigenvalue weighted by molar-refractivity contribution is 5.51. The molecule has 2 rings (SSSR count). The first kappa shape index (κ1) is 12.1. The quantitative estimate of drug-likeness (QED) is 0.822. The Labute approximate surface area is 102 Å². The van der Waals surface area contributed by atoms with Crippen LogP contribution >= 0.6 is 0 Å². The van der Waals surface area contributed by atoms with Gasteiger partial charge in [0, 0.05) is 6.54 Å². The van der Waals surface area contributed by atoms with E-state index in [4.69, 9.17) is 4.74 Å². The maximum absolute atomic E-state index is 5.31. The Hall–Kier alpha value is -1.36. The minimum atomic E-state index is 0.670. The summed E-state index contributed by atoms with van der Waals surface area (Å²) in [5, 5.41) is 6.77. The lowest BCUT2D eigenvalue weighted by atomic mass is 10.00. The van der Waals surface area contributed by atoms with E-state index in [1.165, 1.54) is 12.8 Å². The summed E-state index contributed by atoms with van der Waals surface area (Å²) in [6.45, 7) is 5.08. The summed E-state index contributed by atoms with van der Waals surface area (Å²) >= 11 is 0. The van der Waals surface area contributed by atoms with Crippen molar-refractivity contribution in [2.45, 2.75) is 19.8 Å². The molecule has 1 unspecified atom stereocenters. The number of hydrogen-bond acceptors (Lipinski definition) is 5. The zero-order valence-corrected chi connectivity index (χ0v) is 10.5. The maximum Gasteiger partial charge on any atom is 0.182 e. The van der Waals surface area contributed by atoms with Gasteiger partial charge in [0.2, 0.25) is 0 Å². The van der Waals surface area contributed by atoms with Gasteiger partial charge in [-0.15, -0.1) is 0 Å². The highest BCUT2D eigenvalue weighted by atomic mass is 16.5. The fraction of sp³-hybridized carbons (Fsp3) is 0.667. The summed E-state index contributed by atoms with van der Waals surface area (Å²) in [6.07, 6.45) is 4.10. The number of ether oxygens (including phenoxy) is 1. The highest BCUT2D eigenvalue weighted by Gasteiger charge is 2.14. The van der Waals surface area contributed by atoms with Crippen molar-refractivity contribution in [3.63, 3.8) is 0 Å². The van der Waals surface area contributed by atoms with Crippen LogP contribution in [0.25, 0.3) is 0 Å². The smallest absolute Gasteiger partial charge is 0.182 e. The predicted molar refractivity (Wildman–Crippen MR) is 67.4 cm³/mol. The first-order valence-corrected chi connectivity index (χ1v) is 6.11. The minimum Gasteiger partial charge on any atom is -0.491 e. The van der Waals surface area contributed by atoms with Crippen molar-refractivity contribution in [1.82, 2.24) is 15.3 Å². The van der Waals surface area contributed by atoms with Crippen molar-refractivity contribution in [3.05, 3.63) is 12.0 Å². The van der Waals surface area contributed by atoms with Gasteiger partial charge in [-0.3, -0.25) is 0 Å². The van der Waals surface area contributed by atoms with Crippen LogP contribution in [0.2, 0.25) is 0 Å². The van der Waals surface area contributed by atoms with Crippen molar-refractivity contribution in [2.24, 2.45) is 5.92 Å². The van der Waals surface area contributed by atoms with Gasteiger partial charge in [0.15, 0.2) is 11.6 Å². The van der Waals surface area contributed by atoms with Crippen LogP contribution in [0.4, 0.5) is 5.82 Å². The number of nitrogens with one attached hydrogen (secondary N) is 2. The Morgan fingerprint density at radius 2 is 2.41 bits per heavy atom. The molecular weight excluding hydrogens is 216 g/mol. The molecule has 0 aliphatic carbocycles. The summed E-state index contributed by atoms with van der Waals surface area (Å²) in [7, 11) is 1.65. The lowest BCUT2D eigenvalue weighted by molar-refractivity contribution is 0.389. The molecule has 0 aromatic carbocycles. The van der Waals surface area contributed by atoms with E-state index in [-0.39, 0.29) is 0 Å². The van der Waals surface area contributed by atoms with Crippen LogP contribution in [-0.4, -0.2) is 36.7 Å². The van der Waals surface area contributed by atoms with Gasteiger partial charge in [-0.25, -0.2) is 9.97 Å². The molecule has 1 saturated heterocycles. The molecule has 94 valence electrons. The van der Waals surface area contributed by atoms with Crippen LogP contribution in [0.1, 0.15) is 18.5 Å². The lowest BCUT2D eigenvalue weighted by Crippen LogP contribution is -2.33. The summed E-state index contributed by atoms with van der Waals surface area (Å²) in [5.74, 6) is 2.21. The van der Waals surface area contributed by atoms with E-state index in [1.807, 2.05) is 6.92 Å². The van der Waals surface area contributed by atoms with Crippen molar-refractivity contribution in [1.29, 1.82) is 0 Å². The number of nitrogens with zero attached hydrogens (tertiary/aromatic N) is 2. The average Bonchev–Trinajstić information content (AvgIpc) is 2.37. The largest absolute Gasteiger partial charge is 0.491 e. The Balaban J connectivity index is 1.95. The van der Waals surface area contributed by atoms with Gasteiger partial charge in [0.25, 0.3) is 0 Å². The van der Waals surface area contributed by atoms with Crippen LogP contribution in [-0.2, 0) is 0 Å². The number of anilines is 1. The zero-order chi connectivity index (χ0) is 12.1. The molecule has 1 aromatic heterocycles. The molecule has 0 bridgehead atoms. The molecule has 1 aliphatic rings. The van der Waals surface area contributed by atoms with E-state index >= 15 is 0 Å². The van der Waals surface area contributed by atoms with Crippen molar-refractivity contribution < 1.29 is 4.74 Å². The second kappa shape index (κ2) is 5.82. The number of aryl methyl sites for hydroxylation is 1. The predicted octanol–water partition coefficient (Wildman–Crippen LogP) is 1.21. The molecule has 1 aliphatic heterocycles. The van der Waals surface area contributed by atoms with Crippen LogP contribution in [0, 0.1) is 12.8 Å². The van der Waals surface area contributed by atoms with Gasteiger partial charge in [-0.1, -0.05) is 0 Å². The lowest BCUT2D eigenvalue weighted by Gasteiger charge is -2.23. The fourth-order valence-corrected chi connectivity index (χ4v) is 2.17. The van der Waals surface area contributed by atoms with E-state index in [0.29, 0.717) is 5.92 Å². The first-order valence-electron chi connectivity index (χ1n) is 6.11. The van der Waals surface area contributed by atoms with E-state index in [0.717, 1.165) is 36.9 Å². The summed E-state index contributed by atoms with van der Waals surface area (Å²) in [5.41, 5.74) is 0.867. The first-order chi connectivity index (χ1) is 8.31. The van der Waals surface area contributed by atoms with Crippen molar-refractivity contribution in [3.8, 4) is 5.75 Å². The summed E-state index contributed by atoms with van der Waals surface area (Å²) in [4.78, 5) is 8.34. The normalized spacial score (nSPS) is 20.0. The SMILES string of the molecule is COc1c(C)ncnc1NCC1CCCNC1. The monoisotopic (exact) mass is 236 g/mol. The Kier molecular flexibility index (Phi) is 4.14. The van der Waals surface area contributed by atoms with E-state index in [9.17, 15) is 0 Å². The third-order valence-corrected chi connectivity index (χ3v) is 3.14. The molecule has 1 fully saturated rings. The maximum atomic E-state index is 5.31. The third-order valence-electron chi connectivity index (χ3n) is 3.14.